The van der Waals surface area contributed by atoms with Gasteiger partial charge in [0.2, 0.25) is 0 Å². The minimum absolute atomic E-state index is 0.771. The minimum atomic E-state index is 0.771. The van der Waals surface area contributed by atoms with E-state index in [1.165, 1.54) is 5.56 Å². The van der Waals surface area contributed by atoms with E-state index in [9.17, 15) is 0 Å². The predicted molar refractivity (Wildman–Crippen MR) is 77.2 cm³/mol. The molecule has 108 valence electrons. The molecule has 19 heavy (non-hydrogen) atoms. The lowest BCUT2D eigenvalue weighted by Crippen LogP contribution is -2.22. The number of methoxy groups -OCH3 is 2. The van der Waals surface area contributed by atoms with E-state index in [4.69, 9.17) is 14.2 Å². The van der Waals surface area contributed by atoms with Gasteiger partial charge in [-0.15, -0.1) is 0 Å². The van der Waals surface area contributed by atoms with Crippen molar-refractivity contribution in [1.82, 2.24) is 5.32 Å². The average molecular weight is 267 g/mol. The maximum Gasteiger partial charge on any atom is 0.160 e. The highest BCUT2D eigenvalue weighted by Gasteiger charge is 2.03. The Balaban J connectivity index is 2.26. The normalized spacial score (nSPS) is 10.5. The van der Waals surface area contributed by atoms with Crippen LogP contribution in [0.15, 0.2) is 18.2 Å². The van der Waals surface area contributed by atoms with Crippen molar-refractivity contribution in [1.29, 1.82) is 0 Å². The van der Waals surface area contributed by atoms with E-state index in [2.05, 4.69) is 18.3 Å². The van der Waals surface area contributed by atoms with Crippen LogP contribution in [-0.4, -0.2) is 40.5 Å². The first kappa shape index (κ1) is 15.8. The molecule has 1 N–H and O–H groups in total. The van der Waals surface area contributed by atoms with Gasteiger partial charge in [-0.1, -0.05) is 13.0 Å². The van der Waals surface area contributed by atoms with E-state index in [-0.39, 0.29) is 0 Å². The molecule has 0 heterocycles. The van der Waals surface area contributed by atoms with Crippen LogP contribution in [0.2, 0.25) is 0 Å². The lowest BCUT2D eigenvalue weighted by atomic mass is 10.1. The van der Waals surface area contributed by atoms with Crippen molar-refractivity contribution in [2.24, 2.45) is 0 Å². The zero-order chi connectivity index (χ0) is 13.9. The molecule has 0 saturated heterocycles. The summed E-state index contributed by atoms with van der Waals surface area (Å²) >= 11 is 0. The second kappa shape index (κ2) is 9.64. The highest BCUT2D eigenvalue weighted by molar-refractivity contribution is 5.42. The van der Waals surface area contributed by atoms with E-state index < -0.39 is 0 Å². The van der Waals surface area contributed by atoms with Crippen molar-refractivity contribution in [3.8, 4) is 11.5 Å². The zero-order valence-electron chi connectivity index (χ0n) is 12.2. The molecule has 4 nitrogen and oxygen atoms in total. The molecule has 0 atom stereocenters. The van der Waals surface area contributed by atoms with Gasteiger partial charge in [0.1, 0.15) is 0 Å². The second-order valence-corrected chi connectivity index (χ2v) is 4.30. The molecule has 1 rings (SSSR count). The van der Waals surface area contributed by atoms with E-state index in [0.717, 1.165) is 50.6 Å². The van der Waals surface area contributed by atoms with Crippen molar-refractivity contribution in [3.05, 3.63) is 23.8 Å². The largest absolute Gasteiger partial charge is 0.493 e. The summed E-state index contributed by atoms with van der Waals surface area (Å²) in [6, 6.07) is 6.03. The Hall–Kier alpha value is -1.26. The Morgan fingerprint density at radius 1 is 1.00 bits per heavy atom. The summed E-state index contributed by atoms with van der Waals surface area (Å²) in [4.78, 5) is 0. The molecule has 0 saturated carbocycles. The van der Waals surface area contributed by atoms with Crippen LogP contribution < -0.4 is 14.8 Å². The monoisotopic (exact) mass is 267 g/mol. The molecule has 0 aliphatic heterocycles. The standard InChI is InChI=1S/C15H25NO3/c1-4-10-19-11-9-16-8-7-13-5-6-14(17-2)15(12-13)18-3/h5-6,12,16H,4,7-11H2,1-3H3. The summed E-state index contributed by atoms with van der Waals surface area (Å²) < 4.78 is 15.9. The Morgan fingerprint density at radius 3 is 2.47 bits per heavy atom. The molecule has 0 amide bonds. The van der Waals surface area contributed by atoms with E-state index >= 15 is 0 Å². The Bertz CT molecular complexity index is 355. The van der Waals surface area contributed by atoms with Crippen molar-refractivity contribution in [2.75, 3.05) is 40.5 Å². The molecule has 0 spiro atoms. The SMILES string of the molecule is CCCOCCNCCc1ccc(OC)c(OC)c1. The maximum atomic E-state index is 5.40. The van der Waals surface area contributed by atoms with Gasteiger partial charge in [0.15, 0.2) is 11.5 Å². The fourth-order valence-corrected chi connectivity index (χ4v) is 1.78. The zero-order valence-corrected chi connectivity index (χ0v) is 12.2. The molecule has 0 bridgehead atoms. The van der Waals surface area contributed by atoms with E-state index in [1.807, 2.05) is 12.1 Å². The van der Waals surface area contributed by atoms with Gasteiger partial charge in [-0.05, 0) is 37.1 Å². The molecule has 0 fully saturated rings. The van der Waals surface area contributed by atoms with Crippen LogP contribution in [0.3, 0.4) is 0 Å². The van der Waals surface area contributed by atoms with Crippen molar-refractivity contribution < 1.29 is 14.2 Å². The lowest BCUT2D eigenvalue weighted by molar-refractivity contribution is 0.137. The maximum absolute atomic E-state index is 5.40. The number of ether oxygens (including phenoxy) is 3. The number of benzene rings is 1. The van der Waals surface area contributed by atoms with Gasteiger partial charge >= 0.3 is 0 Å². The Kier molecular flexibility index (Phi) is 8.02. The van der Waals surface area contributed by atoms with Gasteiger partial charge in [0, 0.05) is 13.2 Å². The van der Waals surface area contributed by atoms with Gasteiger partial charge < -0.3 is 19.5 Å². The first-order valence-corrected chi connectivity index (χ1v) is 6.81. The summed E-state index contributed by atoms with van der Waals surface area (Å²) in [6.07, 6.45) is 2.04. The summed E-state index contributed by atoms with van der Waals surface area (Å²) in [5, 5.41) is 3.36. The van der Waals surface area contributed by atoms with E-state index in [1.54, 1.807) is 14.2 Å². The number of hydrogen-bond donors (Lipinski definition) is 1. The predicted octanol–water partition coefficient (Wildman–Crippen LogP) is 2.26. The third-order valence-electron chi connectivity index (χ3n) is 2.81. The Morgan fingerprint density at radius 2 is 1.79 bits per heavy atom. The van der Waals surface area contributed by atoms with Gasteiger partial charge in [-0.2, -0.15) is 0 Å². The van der Waals surface area contributed by atoms with Gasteiger partial charge in [-0.25, -0.2) is 0 Å². The summed E-state index contributed by atoms with van der Waals surface area (Å²) in [7, 11) is 3.31. The van der Waals surface area contributed by atoms with Crippen LogP contribution in [0.25, 0.3) is 0 Å². The molecule has 0 aromatic heterocycles. The summed E-state index contributed by atoms with van der Waals surface area (Å²) in [5.74, 6) is 1.55. The fourth-order valence-electron chi connectivity index (χ4n) is 1.78. The van der Waals surface area contributed by atoms with Crippen molar-refractivity contribution in [2.45, 2.75) is 19.8 Å². The smallest absolute Gasteiger partial charge is 0.160 e. The van der Waals surface area contributed by atoms with Crippen LogP contribution in [0.4, 0.5) is 0 Å². The number of rotatable bonds is 10. The van der Waals surface area contributed by atoms with Crippen LogP contribution >= 0.6 is 0 Å². The molecule has 0 aliphatic rings. The molecule has 0 unspecified atom stereocenters. The van der Waals surface area contributed by atoms with Crippen molar-refractivity contribution in [3.63, 3.8) is 0 Å². The average Bonchev–Trinajstić information content (AvgIpc) is 2.46. The van der Waals surface area contributed by atoms with E-state index in [0.29, 0.717) is 0 Å². The molecule has 0 radical (unpaired) electrons. The highest BCUT2D eigenvalue weighted by Crippen LogP contribution is 2.27. The highest BCUT2D eigenvalue weighted by atomic mass is 16.5. The number of hydrogen-bond acceptors (Lipinski definition) is 4. The molecule has 1 aromatic carbocycles. The second-order valence-electron chi connectivity index (χ2n) is 4.30. The summed E-state index contributed by atoms with van der Waals surface area (Å²) in [5.41, 5.74) is 1.24. The topological polar surface area (TPSA) is 39.7 Å². The van der Waals surface area contributed by atoms with Crippen LogP contribution in [0.1, 0.15) is 18.9 Å². The van der Waals surface area contributed by atoms with Crippen LogP contribution in [0, 0.1) is 0 Å². The molecular formula is C15H25NO3. The Labute approximate surface area is 116 Å². The third-order valence-corrected chi connectivity index (χ3v) is 2.81. The van der Waals surface area contributed by atoms with Crippen LogP contribution in [-0.2, 0) is 11.2 Å². The van der Waals surface area contributed by atoms with Gasteiger partial charge in [0.25, 0.3) is 0 Å². The third kappa shape index (κ3) is 5.94. The fraction of sp³-hybridized carbons (Fsp3) is 0.600. The van der Waals surface area contributed by atoms with Crippen LogP contribution in [0.5, 0.6) is 11.5 Å². The molecule has 4 heteroatoms. The van der Waals surface area contributed by atoms with Gasteiger partial charge in [0.05, 0.1) is 20.8 Å². The lowest BCUT2D eigenvalue weighted by Gasteiger charge is -2.10. The molecular weight excluding hydrogens is 242 g/mol. The summed E-state index contributed by atoms with van der Waals surface area (Å²) in [6.45, 7) is 5.57. The van der Waals surface area contributed by atoms with Gasteiger partial charge in [-0.3, -0.25) is 0 Å². The molecule has 0 aliphatic carbocycles. The quantitative estimate of drug-likeness (QED) is 0.660. The molecule has 1 aromatic rings. The van der Waals surface area contributed by atoms with Crippen molar-refractivity contribution >= 4 is 0 Å². The first-order chi connectivity index (χ1) is 9.31. The minimum Gasteiger partial charge on any atom is -0.493 e. The first-order valence-electron chi connectivity index (χ1n) is 6.81. The number of nitrogens with one attached hydrogen (secondary N) is 1.